The zero-order valence-corrected chi connectivity index (χ0v) is 18.3. The summed E-state index contributed by atoms with van der Waals surface area (Å²) in [5.41, 5.74) is 3.05. The van der Waals surface area contributed by atoms with E-state index in [1.165, 1.54) is 12.1 Å². The third-order valence-corrected chi connectivity index (χ3v) is 5.51. The number of anilines is 1. The second-order valence-corrected chi connectivity index (χ2v) is 8.06. The van der Waals surface area contributed by atoms with E-state index in [1.54, 1.807) is 42.1 Å². The van der Waals surface area contributed by atoms with Gasteiger partial charge in [0.2, 0.25) is 0 Å². The molecule has 0 aliphatic rings. The van der Waals surface area contributed by atoms with Gasteiger partial charge in [0, 0.05) is 16.8 Å². The maximum Gasteiger partial charge on any atom is 0.274 e. The summed E-state index contributed by atoms with van der Waals surface area (Å²) < 4.78 is 16.3. The van der Waals surface area contributed by atoms with Gasteiger partial charge in [0.05, 0.1) is 22.8 Å². The fourth-order valence-electron chi connectivity index (χ4n) is 3.69. The van der Waals surface area contributed by atoms with E-state index in [0.717, 1.165) is 10.8 Å². The van der Waals surface area contributed by atoms with E-state index in [9.17, 15) is 9.18 Å². The lowest BCUT2D eigenvalue weighted by Crippen LogP contribution is -2.17. The molecule has 2 heterocycles. The highest BCUT2D eigenvalue weighted by Gasteiger charge is 2.18. The van der Waals surface area contributed by atoms with Gasteiger partial charge < -0.3 is 5.32 Å². The molecule has 3 aromatic carbocycles. The molecule has 0 bridgehead atoms. The van der Waals surface area contributed by atoms with E-state index in [0.29, 0.717) is 33.4 Å². The van der Waals surface area contributed by atoms with E-state index < -0.39 is 11.7 Å². The number of nitrogens with one attached hydrogen (secondary N) is 1. The van der Waals surface area contributed by atoms with Crippen molar-refractivity contribution in [3.05, 3.63) is 107 Å². The summed E-state index contributed by atoms with van der Waals surface area (Å²) in [6, 6.07) is 23.0. The van der Waals surface area contributed by atoms with Crippen LogP contribution in [0.5, 0.6) is 0 Å². The van der Waals surface area contributed by atoms with Crippen LogP contribution in [0.2, 0.25) is 5.02 Å². The van der Waals surface area contributed by atoms with Crippen molar-refractivity contribution in [3.8, 4) is 16.9 Å². The molecular formula is C26H18ClFN4O. The van der Waals surface area contributed by atoms with Crippen molar-refractivity contribution in [3.63, 3.8) is 0 Å². The Labute approximate surface area is 194 Å². The van der Waals surface area contributed by atoms with Gasteiger partial charge in [-0.15, -0.1) is 0 Å². The van der Waals surface area contributed by atoms with Crippen molar-refractivity contribution in [2.24, 2.45) is 0 Å². The van der Waals surface area contributed by atoms with Crippen molar-refractivity contribution in [2.45, 2.75) is 6.92 Å². The third kappa shape index (κ3) is 4.21. The summed E-state index contributed by atoms with van der Waals surface area (Å²) in [6.45, 7) is 1.80. The molecule has 0 atom stereocenters. The van der Waals surface area contributed by atoms with Crippen LogP contribution in [-0.4, -0.2) is 20.7 Å². The number of aryl methyl sites for hydroxylation is 1. The predicted molar refractivity (Wildman–Crippen MR) is 128 cm³/mol. The standard InChI is InChI=1S/C26H18ClFN4O/c1-16-12-25(32(31-16)21-9-6-17-13-20(27)8-5-18(17)14-21)26(33)30-24-10-7-19(15-22(24)28)23-4-2-3-11-29-23/h2-15H,1H3,(H,30,33). The first-order valence-electron chi connectivity index (χ1n) is 10.3. The smallest absolute Gasteiger partial charge is 0.274 e. The Morgan fingerprint density at radius 3 is 2.58 bits per heavy atom. The molecule has 0 spiro atoms. The first-order chi connectivity index (χ1) is 16.0. The molecule has 0 saturated carbocycles. The number of benzene rings is 3. The van der Waals surface area contributed by atoms with Gasteiger partial charge in [0.25, 0.3) is 5.91 Å². The van der Waals surface area contributed by atoms with Gasteiger partial charge in [-0.05, 0) is 72.3 Å². The zero-order valence-electron chi connectivity index (χ0n) is 17.6. The molecule has 7 heteroatoms. The zero-order chi connectivity index (χ0) is 22.9. The Morgan fingerprint density at radius 1 is 0.970 bits per heavy atom. The van der Waals surface area contributed by atoms with E-state index in [-0.39, 0.29) is 5.69 Å². The number of hydrogen-bond donors (Lipinski definition) is 1. The minimum atomic E-state index is -0.545. The number of hydrogen-bond acceptors (Lipinski definition) is 3. The van der Waals surface area contributed by atoms with Crippen LogP contribution in [0.25, 0.3) is 27.7 Å². The molecule has 1 N–H and O–H groups in total. The van der Waals surface area contributed by atoms with Crippen molar-refractivity contribution in [2.75, 3.05) is 5.32 Å². The largest absolute Gasteiger partial charge is 0.318 e. The molecule has 33 heavy (non-hydrogen) atoms. The van der Waals surface area contributed by atoms with Gasteiger partial charge >= 0.3 is 0 Å². The molecule has 0 aliphatic heterocycles. The minimum absolute atomic E-state index is 0.0817. The molecule has 1 amide bonds. The molecule has 0 radical (unpaired) electrons. The molecule has 162 valence electrons. The van der Waals surface area contributed by atoms with Gasteiger partial charge in [-0.2, -0.15) is 5.10 Å². The number of halogens is 2. The summed E-state index contributed by atoms with van der Waals surface area (Å²) in [5.74, 6) is -1.01. The average Bonchev–Trinajstić information content (AvgIpc) is 3.22. The van der Waals surface area contributed by atoms with Gasteiger partial charge in [-0.3, -0.25) is 9.78 Å². The molecular weight excluding hydrogens is 439 g/mol. The van der Waals surface area contributed by atoms with Crippen LogP contribution in [0.1, 0.15) is 16.2 Å². The lowest BCUT2D eigenvalue weighted by Gasteiger charge is -2.11. The predicted octanol–water partition coefficient (Wildman–Crippen LogP) is 6.44. The Bertz CT molecular complexity index is 1500. The lowest BCUT2D eigenvalue weighted by molar-refractivity contribution is 0.101. The van der Waals surface area contributed by atoms with Crippen molar-refractivity contribution < 1.29 is 9.18 Å². The second kappa shape index (κ2) is 8.48. The highest BCUT2D eigenvalue weighted by Crippen LogP contribution is 2.25. The number of amides is 1. The number of fused-ring (bicyclic) bond motifs is 1. The Balaban J connectivity index is 1.45. The van der Waals surface area contributed by atoms with Gasteiger partial charge in [0.1, 0.15) is 11.5 Å². The number of carbonyl (C=O) groups excluding carboxylic acids is 1. The fraction of sp³-hybridized carbons (Fsp3) is 0.0385. The normalized spacial score (nSPS) is 11.0. The molecule has 0 aliphatic carbocycles. The summed E-state index contributed by atoms with van der Waals surface area (Å²) in [6.07, 6.45) is 1.65. The number of nitrogens with zero attached hydrogens (tertiary/aromatic N) is 3. The highest BCUT2D eigenvalue weighted by molar-refractivity contribution is 6.31. The number of carbonyl (C=O) groups is 1. The summed E-state index contributed by atoms with van der Waals surface area (Å²) >= 11 is 6.08. The molecule has 0 saturated heterocycles. The lowest BCUT2D eigenvalue weighted by atomic mass is 10.1. The molecule has 2 aromatic heterocycles. The van der Waals surface area contributed by atoms with Crippen LogP contribution in [-0.2, 0) is 0 Å². The van der Waals surface area contributed by atoms with Crippen LogP contribution < -0.4 is 5.32 Å². The van der Waals surface area contributed by atoms with Crippen molar-refractivity contribution >= 4 is 34.0 Å². The topological polar surface area (TPSA) is 59.8 Å². The first kappa shape index (κ1) is 20.8. The number of pyridine rings is 1. The molecule has 5 rings (SSSR count). The maximum absolute atomic E-state index is 14.8. The second-order valence-electron chi connectivity index (χ2n) is 7.62. The number of aromatic nitrogens is 3. The van der Waals surface area contributed by atoms with Gasteiger partial charge in [-0.25, -0.2) is 9.07 Å². The summed E-state index contributed by atoms with van der Waals surface area (Å²) in [4.78, 5) is 17.3. The summed E-state index contributed by atoms with van der Waals surface area (Å²) in [7, 11) is 0. The van der Waals surface area contributed by atoms with Crippen LogP contribution in [0, 0.1) is 12.7 Å². The van der Waals surface area contributed by atoms with E-state index >= 15 is 0 Å². The number of rotatable bonds is 4. The quantitative estimate of drug-likeness (QED) is 0.338. The Hall–Kier alpha value is -4.03. The summed E-state index contributed by atoms with van der Waals surface area (Å²) in [5, 5.41) is 9.73. The molecule has 5 aromatic rings. The van der Waals surface area contributed by atoms with Crippen LogP contribution >= 0.6 is 11.6 Å². The van der Waals surface area contributed by atoms with E-state index in [4.69, 9.17) is 11.6 Å². The Morgan fingerprint density at radius 2 is 1.79 bits per heavy atom. The third-order valence-electron chi connectivity index (χ3n) is 5.27. The van der Waals surface area contributed by atoms with Gasteiger partial charge in [-0.1, -0.05) is 35.9 Å². The fourth-order valence-corrected chi connectivity index (χ4v) is 3.87. The van der Waals surface area contributed by atoms with E-state index in [1.807, 2.05) is 42.5 Å². The SMILES string of the molecule is Cc1cc(C(=O)Nc2ccc(-c3ccccn3)cc2F)n(-c2ccc3cc(Cl)ccc3c2)n1. The van der Waals surface area contributed by atoms with Crippen molar-refractivity contribution in [1.82, 2.24) is 14.8 Å². The van der Waals surface area contributed by atoms with Gasteiger partial charge in [0.15, 0.2) is 0 Å². The maximum atomic E-state index is 14.8. The molecule has 0 unspecified atom stereocenters. The minimum Gasteiger partial charge on any atom is -0.318 e. The van der Waals surface area contributed by atoms with Crippen LogP contribution in [0.3, 0.4) is 0 Å². The first-order valence-corrected chi connectivity index (χ1v) is 10.6. The van der Waals surface area contributed by atoms with Crippen LogP contribution in [0.4, 0.5) is 10.1 Å². The van der Waals surface area contributed by atoms with Crippen LogP contribution in [0.15, 0.2) is 85.1 Å². The molecule has 5 nitrogen and oxygen atoms in total. The van der Waals surface area contributed by atoms with E-state index in [2.05, 4.69) is 15.4 Å². The Kier molecular flexibility index (Phi) is 5.36. The average molecular weight is 457 g/mol. The molecule has 0 fully saturated rings. The van der Waals surface area contributed by atoms with Crippen molar-refractivity contribution in [1.29, 1.82) is 0 Å². The highest BCUT2D eigenvalue weighted by atomic mass is 35.5. The monoisotopic (exact) mass is 456 g/mol.